The second-order valence-corrected chi connectivity index (χ2v) is 4.20. The zero-order valence-corrected chi connectivity index (χ0v) is 11.2. The normalized spacial score (nSPS) is 12.2. The third-order valence-electron chi connectivity index (χ3n) is 2.31. The van der Waals surface area contributed by atoms with Crippen LogP contribution in [0.2, 0.25) is 0 Å². The number of hydrogen-bond donors (Lipinski definition) is 3. The third-order valence-corrected chi connectivity index (χ3v) is 2.31. The largest absolute Gasteiger partial charge is 0.481 e. The second kappa shape index (κ2) is 9.67. The van der Waals surface area contributed by atoms with Crippen LogP contribution in [0.25, 0.3) is 0 Å². The molecule has 18 heavy (non-hydrogen) atoms. The Balaban J connectivity index is 3.61. The summed E-state index contributed by atoms with van der Waals surface area (Å²) in [5, 5.41) is 13.8. The molecule has 7 nitrogen and oxygen atoms in total. The smallest absolute Gasteiger partial charge is 0.315 e. The van der Waals surface area contributed by atoms with Gasteiger partial charge in [0.05, 0.1) is 13.0 Å². The van der Waals surface area contributed by atoms with Crippen LogP contribution >= 0.6 is 0 Å². The number of carboxylic acid groups (broad SMARTS) is 1. The fourth-order valence-electron chi connectivity index (χ4n) is 1.31. The molecule has 1 unspecified atom stereocenters. The Bertz CT molecular complexity index is 261. The number of carbonyl (C=O) groups excluding carboxylic acids is 1. The maximum atomic E-state index is 11.4. The highest BCUT2D eigenvalue weighted by atomic mass is 16.5. The molecule has 7 heteroatoms. The van der Waals surface area contributed by atoms with E-state index in [9.17, 15) is 9.59 Å². The molecule has 3 N–H and O–H groups in total. The molecule has 0 aliphatic carbocycles. The van der Waals surface area contributed by atoms with Gasteiger partial charge in [0.1, 0.15) is 0 Å². The number of aliphatic carboxylic acids is 1. The van der Waals surface area contributed by atoms with Gasteiger partial charge in [-0.15, -0.1) is 0 Å². The Kier molecular flexibility index (Phi) is 8.95. The van der Waals surface area contributed by atoms with E-state index in [1.165, 1.54) is 0 Å². The number of nitrogens with zero attached hydrogens (tertiary/aromatic N) is 1. The lowest BCUT2D eigenvalue weighted by molar-refractivity contribution is -0.137. The SMILES string of the molecule is COCCN(C)CCNC(=O)NC(C)CC(=O)O. The molecule has 0 rings (SSSR count). The molecule has 0 spiro atoms. The number of hydrogen-bond acceptors (Lipinski definition) is 4. The van der Waals surface area contributed by atoms with Crippen LogP contribution in [0, 0.1) is 0 Å². The summed E-state index contributed by atoms with van der Waals surface area (Å²) in [6.45, 7) is 4.32. The number of carboxylic acids is 1. The fraction of sp³-hybridized carbons (Fsp3) is 0.818. The van der Waals surface area contributed by atoms with Gasteiger partial charge in [-0.3, -0.25) is 4.79 Å². The third kappa shape index (κ3) is 9.86. The summed E-state index contributed by atoms with van der Waals surface area (Å²) in [7, 11) is 3.58. The van der Waals surface area contributed by atoms with Crippen molar-refractivity contribution in [3.8, 4) is 0 Å². The molecule has 0 aliphatic heterocycles. The summed E-state index contributed by atoms with van der Waals surface area (Å²) in [4.78, 5) is 23.8. The second-order valence-electron chi connectivity index (χ2n) is 4.20. The topological polar surface area (TPSA) is 90.9 Å². The van der Waals surface area contributed by atoms with Crippen molar-refractivity contribution in [3.05, 3.63) is 0 Å². The highest BCUT2D eigenvalue weighted by molar-refractivity contribution is 5.75. The first kappa shape index (κ1) is 16.7. The van der Waals surface area contributed by atoms with Crippen LogP contribution in [0.4, 0.5) is 4.79 Å². The Hall–Kier alpha value is -1.34. The Morgan fingerprint density at radius 1 is 1.39 bits per heavy atom. The summed E-state index contributed by atoms with van der Waals surface area (Å²) in [5.41, 5.74) is 0. The quantitative estimate of drug-likeness (QED) is 0.531. The summed E-state index contributed by atoms with van der Waals surface area (Å²) in [6, 6.07) is -0.724. The minimum absolute atomic E-state index is 0.0822. The van der Waals surface area contributed by atoms with E-state index in [0.29, 0.717) is 19.7 Å². The van der Waals surface area contributed by atoms with Gasteiger partial charge in [-0.2, -0.15) is 0 Å². The summed E-state index contributed by atoms with van der Waals surface area (Å²) < 4.78 is 4.93. The standard InChI is InChI=1S/C11H23N3O4/c1-9(8-10(15)16)13-11(17)12-4-5-14(2)6-7-18-3/h9H,4-8H2,1-3H3,(H,15,16)(H2,12,13,17). The van der Waals surface area contributed by atoms with Gasteiger partial charge in [0, 0.05) is 32.8 Å². The lowest BCUT2D eigenvalue weighted by Gasteiger charge is -2.17. The minimum Gasteiger partial charge on any atom is -0.481 e. The summed E-state index contributed by atoms with van der Waals surface area (Å²) in [5.74, 6) is -0.929. The predicted molar refractivity (Wildman–Crippen MR) is 67.6 cm³/mol. The number of amides is 2. The summed E-state index contributed by atoms with van der Waals surface area (Å²) in [6.07, 6.45) is -0.0822. The molecule has 0 heterocycles. The molecule has 0 fully saturated rings. The highest BCUT2D eigenvalue weighted by Gasteiger charge is 2.10. The maximum absolute atomic E-state index is 11.4. The van der Waals surface area contributed by atoms with Gasteiger partial charge in [0.15, 0.2) is 0 Å². The maximum Gasteiger partial charge on any atom is 0.315 e. The molecular formula is C11H23N3O4. The van der Waals surface area contributed by atoms with Gasteiger partial charge in [-0.1, -0.05) is 0 Å². The zero-order chi connectivity index (χ0) is 14.0. The number of rotatable bonds is 9. The molecule has 1 atom stereocenters. The van der Waals surface area contributed by atoms with Crippen LogP contribution in [-0.4, -0.2) is 68.4 Å². The first-order valence-electron chi connectivity index (χ1n) is 5.89. The molecular weight excluding hydrogens is 238 g/mol. The molecule has 0 bridgehead atoms. The lowest BCUT2D eigenvalue weighted by Crippen LogP contribution is -2.44. The Labute approximate surface area is 107 Å². The highest BCUT2D eigenvalue weighted by Crippen LogP contribution is 1.89. The first-order valence-corrected chi connectivity index (χ1v) is 5.89. The molecule has 0 aromatic heterocycles. The van der Waals surface area contributed by atoms with Crippen LogP contribution in [0.15, 0.2) is 0 Å². The Morgan fingerprint density at radius 3 is 2.61 bits per heavy atom. The van der Waals surface area contributed by atoms with Crippen molar-refractivity contribution in [3.63, 3.8) is 0 Å². The van der Waals surface area contributed by atoms with Gasteiger partial charge in [0.25, 0.3) is 0 Å². The van der Waals surface area contributed by atoms with Gasteiger partial charge in [0.2, 0.25) is 0 Å². The number of carbonyl (C=O) groups is 2. The Morgan fingerprint density at radius 2 is 2.06 bits per heavy atom. The van der Waals surface area contributed by atoms with E-state index in [1.54, 1.807) is 14.0 Å². The van der Waals surface area contributed by atoms with Crippen molar-refractivity contribution < 1.29 is 19.4 Å². The number of ether oxygens (including phenoxy) is 1. The van der Waals surface area contributed by atoms with Crippen molar-refractivity contribution in [2.75, 3.05) is 40.4 Å². The number of nitrogens with one attached hydrogen (secondary N) is 2. The van der Waals surface area contributed by atoms with Gasteiger partial charge >= 0.3 is 12.0 Å². The van der Waals surface area contributed by atoms with E-state index >= 15 is 0 Å². The molecule has 0 aromatic rings. The molecule has 0 aliphatic rings. The molecule has 0 aromatic carbocycles. The van der Waals surface area contributed by atoms with Gasteiger partial charge in [-0.25, -0.2) is 4.79 Å². The van der Waals surface area contributed by atoms with Crippen molar-refractivity contribution in [1.82, 2.24) is 15.5 Å². The van der Waals surface area contributed by atoms with E-state index in [-0.39, 0.29) is 18.5 Å². The van der Waals surface area contributed by atoms with Crippen molar-refractivity contribution in [2.45, 2.75) is 19.4 Å². The van der Waals surface area contributed by atoms with E-state index in [4.69, 9.17) is 9.84 Å². The van der Waals surface area contributed by atoms with Crippen LogP contribution in [0.1, 0.15) is 13.3 Å². The first-order chi connectivity index (χ1) is 8.45. The van der Waals surface area contributed by atoms with E-state index in [1.807, 2.05) is 11.9 Å². The summed E-state index contributed by atoms with van der Waals surface area (Å²) >= 11 is 0. The molecule has 0 saturated carbocycles. The molecule has 0 saturated heterocycles. The number of urea groups is 1. The van der Waals surface area contributed by atoms with Crippen LogP contribution in [0.3, 0.4) is 0 Å². The average Bonchev–Trinajstić information content (AvgIpc) is 2.24. The number of likely N-dealkylation sites (N-methyl/N-ethyl adjacent to an activating group) is 1. The van der Waals surface area contributed by atoms with Crippen LogP contribution in [0.5, 0.6) is 0 Å². The predicted octanol–water partition coefficient (Wildman–Crippen LogP) is -0.273. The van der Waals surface area contributed by atoms with E-state index < -0.39 is 5.97 Å². The van der Waals surface area contributed by atoms with Crippen LogP contribution in [-0.2, 0) is 9.53 Å². The van der Waals surface area contributed by atoms with Crippen molar-refractivity contribution in [1.29, 1.82) is 0 Å². The molecule has 0 radical (unpaired) electrons. The van der Waals surface area contributed by atoms with Crippen molar-refractivity contribution in [2.24, 2.45) is 0 Å². The average molecular weight is 261 g/mol. The fourth-order valence-corrected chi connectivity index (χ4v) is 1.31. The van der Waals surface area contributed by atoms with Crippen molar-refractivity contribution >= 4 is 12.0 Å². The zero-order valence-electron chi connectivity index (χ0n) is 11.2. The molecule has 2 amide bonds. The monoisotopic (exact) mass is 261 g/mol. The van der Waals surface area contributed by atoms with E-state index in [0.717, 1.165) is 6.54 Å². The molecule has 106 valence electrons. The number of methoxy groups -OCH3 is 1. The van der Waals surface area contributed by atoms with E-state index in [2.05, 4.69) is 10.6 Å². The van der Waals surface area contributed by atoms with Gasteiger partial charge in [-0.05, 0) is 14.0 Å². The lowest BCUT2D eigenvalue weighted by atomic mass is 10.2. The van der Waals surface area contributed by atoms with Gasteiger partial charge < -0.3 is 25.4 Å². The van der Waals surface area contributed by atoms with Crippen LogP contribution < -0.4 is 10.6 Å². The minimum atomic E-state index is -0.929.